The van der Waals surface area contributed by atoms with E-state index in [2.05, 4.69) is 10.1 Å². The van der Waals surface area contributed by atoms with Crippen molar-refractivity contribution in [3.63, 3.8) is 0 Å². The number of aromatic nitrogens is 2. The van der Waals surface area contributed by atoms with Gasteiger partial charge in [-0.05, 0) is 63.2 Å². The molecule has 2 aromatic carbocycles. The normalized spacial score (nSPS) is 21.6. The van der Waals surface area contributed by atoms with Gasteiger partial charge in [0.2, 0.25) is 17.6 Å². The number of carbonyl (C=O) groups excluding carboxylic acids is 1. The predicted octanol–water partition coefficient (Wildman–Crippen LogP) is 5.09. The largest absolute Gasteiger partial charge is 0.416 e. The highest BCUT2D eigenvalue weighted by Gasteiger charge is 2.54. The molecule has 0 N–H and O–H groups in total. The lowest BCUT2D eigenvalue weighted by atomic mass is 9.83. The lowest BCUT2D eigenvalue weighted by molar-refractivity contribution is -0.139. The molecule has 1 aliphatic carbocycles. The van der Waals surface area contributed by atoms with Crippen LogP contribution in [0.1, 0.15) is 48.1 Å². The number of benzene rings is 2. The van der Waals surface area contributed by atoms with Crippen LogP contribution in [0.25, 0.3) is 11.4 Å². The van der Waals surface area contributed by atoms with Crippen LogP contribution in [0.5, 0.6) is 0 Å². The van der Waals surface area contributed by atoms with E-state index in [9.17, 15) is 22.4 Å². The Morgan fingerprint density at radius 1 is 1.08 bits per heavy atom. The summed E-state index contributed by atoms with van der Waals surface area (Å²) >= 11 is 0. The first-order valence-electron chi connectivity index (χ1n) is 11.8. The lowest BCUT2D eigenvalue weighted by Crippen LogP contribution is -2.52. The highest BCUT2D eigenvalue weighted by atomic mass is 19.4. The van der Waals surface area contributed by atoms with Gasteiger partial charge in [0.05, 0.1) is 11.5 Å². The number of hydrogen-bond donors (Lipinski definition) is 0. The Kier molecular flexibility index (Phi) is 6.10. The number of alkyl halides is 3. The molecule has 2 unspecified atom stereocenters. The zero-order chi connectivity index (χ0) is 25.7. The van der Waals surface area contributed by atoms with Crippen molar-refractivity contribution in [2.24, 2.45) is 0 Å². The number of halogens is 4. The van der Waals surface area contributed by atoms with Crippen LogP contribution in [0.3, 0.4) is 0 Å². The number of amides is 1. The molecule has 10 heteroatoms. The average molecular weight is 503 g/mol. The third-order valence-corrected chi connectivity index (χ3v) is 7.30. The van der Waals surface area contributed by atoms with Gasteiger partial charge in [-0.3, -0.25) is 9.69 Å². The summed E-state index contributed by atoms with van der Waals surface area (Å²) in [5.41, 5.74) is -0.0795. The Balaban J connectivity index is 1.45. The summed E-state index contributed by atoms with van der Waals surface area (Å²) in [5, 5.41) is 4.01. The molecule has 1 saturated heterocycles. The number of piperidine rings is 1. The molecule has 5 rings (SSSR count). The summed E-state index contributed by atoms with van der Waals surface area (Å²) < 4.78 is 58.5. The summed E-state index contributed by atoms with van der Waals surface area (Å²) in [6.45, 7) is 0.748. The molecule has 190 valence electrons. The number of likely N-dealkylation sites (N-methyl/N-ethyl adjacent to an activating group) is 1. The first-order chi connectivity index (χ1) is 17.1. The van der Waals surface area contributed by atoms with E-state index in [1.165, 1.54) is 24.3 Å². The molecule has 1 saturated carbocycles. The first-order valence-corrected chi connectivity index (χ1v) is 11.8. The average Bonchev–Trinajstić information content (AvgIpc) is 3.52. The quantitative estimate of drug-likeness (QED) is 0.455. The van der Waals surface area contributed by atoms with E-state index in [4.69, 9.17) is 4.52 Å². The maximum absolute atomic E-state index is 13.7. The fraction of sp³-hybridized carbons (Fsp3) is 0.423. The molecule has 0 radical (unpaired) electrons. The van der Waals surface area contributed by atoms with E-state index in [1.807, 2.05) is 19.0 Å². The van der Waals surface area contributed by atoms with Gasteiger partial charge in [-0.2, -0.15) is 18.2 Å². The van der Waals surface area contributed by atoms with Crippen molar-refractivity contribution in [2.75, 3.05) is 27.2 Å². The Morgan fingerprint density at radius 2 is 1.78 bits per heavy atom. The van der Waals surface area contributed by atoms with Crippen LogP contribution in [-0.4, -0.2) is 58.6 Å². The van der Waals surface area contributed by atoms with Gasteiger partial charge in [-0.15, -0.1) is 0 Å². The smallest absolute Gasteiger partial charge is 0.340 e. The van der Waals surface area contributed by atoms with Crippen LogP contribution < -0.4 is 0 Å². The molecule has 2 fully saturated rings. The molecule has 6 nitrogen and oxygen atoms in total. The van der Waals surface area contributed by atoms with Gasteiger partial charge in [-0.25, -0.2) is 4.39 Å². The van der Waals surface area contributed by atoms with E-state index < -0.39 is 23.1 Å². The van der Waals surface area contributed by atoms with Crippen LogP contribution in [0.15, 0.2) is 53.1 Å². The Bertz CT molecular complexity index is 1250. The third-order valence-electron chi connectivity index (χ3n) is 7.30. The molecule has 2 atom stereocenters. The van der Waals surface area contributed by atoms with Crippen LogP contribution in [0.2, 0.25) is 0 Å². The fourth-order valence-corrected chi connectivity index (χ4v) is 5.04. The highest BCUT2D eigenvalue weighted by Crippen LogP contribution is 2.44. The molecule has 0 bridgehead atoms. The molecule has 1 aliphatic heterocycles. The van der Waals surface area contributed by atoms with Gasteiger partial charge in [0, 0.05) is 24.6 Å². The number of nitrogens with zero attached hydrogens (tertiary/aromatic N) is 4. The van der Waals surface area contributed by atoms with E-state index in [0.29, 0.717) is 36.5 Å². The lowest BCUT2D eigenvalue weighted by Gasteiger charge is -2.39. The molecule has 1 amide bonds. The molecular formula is C26H26F4N4O2. The van der Waals surface area contributed by atoms with Crippen molar-refractivity contribution < 1.29 is 26.9 Å². The minimum absolute atomic E-state index is 0.000944. The summed E-state index contributed by atoms with van der Waals surface area (Å²) in [7, 11) is 3.76. The van der Waals surface area contributed by atoms with E-state index in [0.717, 1.165) is 25.0 Å². The van der Waals surface area contributed by atoms with E-state index in [-0.39, 0.29) is 23.6 Å². The van der Waals surface area contributed by atoms with Crippen molar-refractivity contribution in [3.8, 4) is 11.4 Å². The number of rotatable bonds is 5. The van der Waals surface area contributed by atoms with Crippen LogP contribution in [0, 0.1) is 5.82 Å². The Morgan fingerprint density at radius 3 is 2.39 bits per heavy atom. The van der Waals surface area contributed by atoms with Crippen molar-refractivity contribution >= 4 is 5.91 Å². The maximum Gasteiger partial charge on any atom is 0.416 e. The standard InChI is InChI=1S/C26H26F4N4O2/c1-33(2)25(10-11-25)24(35)34-14-18(16-6-8-20(9-7-16)26(28,29)30)12-19(15-34)23-31-22(32-36-23)17-4-3-5-21(27)13-17/h3-9,13,18-19H,10-12,14-15H2,1-2H3. The molecule has 0 spiro atoms. The number of hydrogen-bond acceptors (Lipinski definition) is 5. The van der Waals surface area contributed by atoms with E-state index in [1.54, 1.807) is 17.0 Å². The van der Waals surface area contributed by atoms with Gasteiger partial charge in [0.1, 0.15) is 11.4 Å². The highest BCUT2D eigenvalue weighted by molar-refractivity contribution is 5.89. The number of likely N-dealkylation sites (tertiary alicyclic amines) is 1. The van der Waals surface area contributed by atoms with Crippen molar-refractivity contribution in [2.45, 2.75) is 42.8 Å². The minimum atomic E-state index is -4.42. The third kappa shape index (κ3) is 4.61. The summed E-state index contributed by atoms with van der Waals surface area (Å²) in [6, 6.07) is 11.0. The minimum Gasteiger partial charge on any atom is -0.340 e. The number of carbonyl (C=O) groups is 1. The fourth-order valence-electron chi connectivity index (χ4n) is 5.04. The zero-order valence-corrected chi connectivity index (χ0v) is 19.9. The Hall–Kier alpha value is -3.27. The second kappa shape index (κ2) is 8.99. The summed E-state index contributed by atoms with van der Waals surface area (Å²) in [4.78, 5) is 21.7. The van der Waals surface area contributed by atoms with Gasteiger partial charge < -0.3 is 9.42 Å². The van der Waals surface area contributed by atoms with Crippen LogP contribution in [0.4, 0.5) is 17.6 Å². The molecule has 36 heavy (non-hydrogen) atoms. The van der Waals surface area contributed by atoms with Gasteiger partial charge in [-0.1, -0.05) is 29.4 Å². The SMILES string of the molecule is CN(C)C1(C(=O)N2CC(c3ccc(C(F)(F)F)cc3)CC(c3nc(-c4cccc(F)c4)no3)C2)CC1. The van der Waals surface area contributed by atoms with Crippen LogP contribution in [-0.2, 0) is 11.0 Å². The van der Waals surface area contributed by atoms with Crippen molar-refractivity contribution in [3.05, 3.63) is 71.4 Å². The maximum atomic E-state index is 13.7. The predicted molar refractivity (Wildman–Crippen MR) is 123 cm³/mol. The second-order valence-electron chi connectivity index (χ2n) is 9.85. The van der Waals surface area contributed by atoms with Crippen LogP contribution >= 0.6 is 0 Å². The monoisotopic (exact) mass is 502 g/mol. The summed E-state index contributed by atoms with van der Waals surface area (Å²) in [5.74, 6) is -0.391. The van der Waals surface area contributed by atoms with Gasteiger partial charge >= 0.3 is 6.18 Å². The van der Waals surface area contributed by atoms with E-state index >= 15 is 0 Å². The molecule has 2 aliphatic rings. The van der Waals surface area contributed by atoms with Crippen molar-refractivity contribution in [1.82, 2.24) is 19.9 Å². The first kappa shape index (κ1) is 24.4. The topological polar surface area (TPSA) is 62.5 Å². The van der Waals surface area contributed by atoms with Crippen molar-refractivity contribution in [1.29, 1.82) is 0 Å². The van der Waals surface area contributed by atoms with Gasteiger partial charge in [0.15, 0.2) is 0 Å². The zero-order valence-electron chi connectivity index (χ0n) is 19.9. The second-order valence-corrected chi connectivity index (χ2v) is 9.85. The van der Waals surface area contributed by atoms with Gasteiger partial charge in [0.25, 0.3) is 0 Å². The Labute approximate surface area is 205 Å². The molecule has 2 heterocycles. The molecule has 1 aromatic heterocycles. The molecular weight excluding hydrogens is 476 g/mol. The summed E-state index contributed by atoms with van der Waals surface area (Å²) in [6.07, 6.45) is -2.38. The molecule has 3 aromatic rings.